The van der Waals surface area contributed by atoms with Crippen LogP contribution in [0.2, 0.25) is 0 Å². The van der Waals surface area contributed by atoms with Crippen LogP contribution in [0.4, 0.5) is 10.7 Å². The number of ether oxygens (including phenoxy) is 1. The van der Waals surface area contributed by atoms with Crippen molar-refractivity contribution in [1.82, 2.24) is 14.2 Å². The summed E-state index contributed by atoms with van der Waals surface area (Å²) in [5, 5.41) is 12.3. The van der Waals surface area contributed by atoms with Gasteiger partial charge in [0.2, 0.25) is 0 Å². The van der Waals surface area contributed by atoms with Crippen LogP contribution in [0.25, 0.3) is 0 Å². The van der Waals surface area contributed by atoms with E-state index in [1.165, 1.54) is 23.2 Å². The number of hydrogen-bond donors (Lipinski definition) is 0. The Hall–Kier alpha value is -3.47. The van der Waals surface area contributed by atoms with Gasteiger partial charge in [0.05, 0.1) is 17.2 Å². The predicted molar refractivity (Wildman–Crippen MR) is 152 cm³/mol. The molecule has 0 N–H and O–H groups in total. The first kappa shape index (κ1) is 27.1. The number of fused-ring (bicyclic) bond motifs is 1. The van der Waals surface area contributed by atoms with E-state index in [0.717, 1.165) is 61.9 Å². The van der Waals surface area contributed by atoms with E-state index in [1.807, 2.05) is 19.1 Å². The largest absolute Gasteiger partial charge is 0.465 e. The molecule has 9 nitrogen and oxygen atoms in total. The Bertz CT molecular complexity index is 1350. The molecule has 0 spiro atoms. The number of aliphatic imine (C=N–C) groups is 1. The van der Waals surface area contributed by atoms with E-state index in [0.29, 0.717) is 11.3 Å². The molecule has 2 atom stereocenters. The minimum absolute atomic E-state index is 0.00469. The number of carbonyl (C=O) groups excluding carboxylic acids is 1. The predicted octanol–water partition coefficient (Wildman–Crippen LogP) is 4.83. The Morgan fingerprint density at radius 2 is 1.85 bits per heavy atom. The molecule has 39 heavy (non-hydrogen) atoms. The van der Waals surface area contributed by atoms with Gasteiger partial charge in [-0.15, -0.1) is 0 Å². The Balaban J connectivity index is 1.35. The van der Waals surface area contributed by atoms with Crippen molar-refractivity contribution in [2.24, 2.45) is 10.9 Å². The zero-order valence-corrected chi connectivity index (χ0v) is 23.1. The van der Waals surface area contributed by atoms with E-state index in [2.05, 4.69) is 34.1 Å². The number of benzene rings is 2. The highest BCUT2D eigenvalue weighted by molar-refractivity contribution is 7.10. The summed E-state index contributed by atoms with van der Waals surface area (Å²) in [5.74, 6) is -1.46. The molecule has 0 bridgehead atoms. The van der Waals surface area contributed by atoms with E-state index < -0.39 is 16.8 Å². The van der Waals surface area contributed by atoms with Crippen LogP contribution in [-0.2, 0) is 22.5 Å². The Morgan fingerprint density at radius 1 is 1.10 bits per heavy atom. The summed E-state index contributed by atoms with van der Waals surface area (Å²) in [6.07, 6.45) is 0.722. The molecule has 5 rings (SSSR count). The molecule has 2 aliphatic heterocycles. The number of carbonyl (C=O) groups is 1. The van der Waals surface area contributed by atoms with Gasteiger partial charge < -0.3 is 9.64 Å². The van der Waals surface area contributed by atoms with Crippen LogP contribution in [0.1, 0.15) is 42.1 Å². The second kappa shape index (κ2) is 12.1. The number of esters is 1. The van der Waals surface area contributed by atoms with Gasteiger partial charge in [-0.25, -0.2) is 4.99 Å². The summed E-state index contributed by atoms with van der Waals surface area (Å²) in [5.41, 5.74) is 4.47. The van der Waals surface area contributed by atoms with Gasteiger partial charge in [0, 0.05) is 75.0 Å². The molecule has 0 aliphatic carbocycles. The van der Waals surface area contributed by atoms with Gasteiger partial charge in [-0.3, -0.25) is 19.8 Å². The highest BCUT2D eigenvalue weighted by Gasteiger charge is 2.41. The molecule has 0 amide bonds. The number of aromatic nitrogens is 1. The van der Waals surface area contributed by atoms with E-state index in [-0.39, 0.29) is 18.3 Å². The van der Waals surface area contributed by atoms with E-state index in [4.69, 9.17) is 14.1 Å². The number of rotatable bonds is 9. The van der Waals surface area contributed by atoms with Crippen molar-refractivity contribution in [3.05, 3.63) is 87.1 Å². The van der Waals surface area contributed by atoms with Crippen molar-refractivity contribution in [3.8, 4) is 0 Å². The van der Waals surface area contributed by atoms with Gasteiger partial charge in [-0.2, -0.15) is 4.37 Å². The molecule has 1 aromatic heterocycles. The Morgan fingerprint density at radius 3 is 2.56 bits per heavy atom. The van der Waals surface area contributed by atoms with Crippen molar-refractivity contribution in [2.45, 2.75) is 32.7 Å². The zero-order valence-electron chi connectivity index (χ0n) is 22.3. The van der Waals surface area contributed by atoms with Crippen LogP contribution < -0.4 is 0 Å². The fourth-order valence-corrected chi connectivity index (χ4v) is 6.45. The summed E-state index contributed by atoms with van der Waals surface area (Å²) in [6, 6.07) is 17.1. The Labute approximate surface area is 232 Å². The number of piperazine rings is 1. The molecule has 1 saturated heterocycles. The first-order valence-electron chi connectivity index (χ1n) is 13.4. The molecule has 1 fully saturated rings. The van der Waals surface area contributed by atoms with Crippen LogP contribution in [0.5, 0.6) is 0 Å². The highest BCUT2D eigenvalue weighted by Crippen LogP contribution is 2.47. The fraction of sp³-hybridized carbons (Fsp3) is 0.414. The SMILES string of the molecule is CCOC(=O)C1C(C)=Nc2snc(CCN3CCN(Cc4ccccc4)CC3)c2C1c1cccc([N+](=O)[O-])c1. The van der Waals surface area contributed by atoms with Crippen molar-refractivity contribution < 1.29 is 14.5 Å². The van der Waals surface area contributed by atoms with Gasteiger partial charge in [0.1, 0.15) is 10.9 Å². The topological polar surface area (TPSA) is 101 Å². The normalized spacial score (nSPS) is 19.8. The lowest BCUT2D eigenvalue weighted by Gasteiger charge is -2.35. The maximum Gasteiger partial charge on any atom is 0.315 e. The van der Waals surface area contributed by atoms with Gasteiger partial charge in [0.25, 0.3) is 5.69 Å². The van der Waals surface area contributed by atoms with Gasteiger partial charge in [0.15, 0.2) is 0 Å². The van der Waals surface area contributed by atoms with E-state index in [9.17, 15) is 14.9 Å². The lowest BCUT2D eigenvalue weighted by Crippen LogP contribution is -2.46. The molecule has 0 saturated carbocycles. The fourth-order valence-electron chi connectivity index (χ4n) is 5.54. The van der Waals surface area contributed by atoms with Crippen LogP contribution in [0.15, 0.2) is 59.6 Å². The molecule has 2 aliphatic rings. The lowest BCUT2D eigenvalue weighted by atomic mass is 9.76. The van der Waals surface area contributed by atoms with E-state index in [1.54, 1.807) is 19.1 Å². The average molecular weight is 548 g/mol. The molecular formula is C29H33N5O4S. The lowest BCUT2D eigenvalue weighted by molar-refractivity contribution is -0.384. The van der Waals surface area contributed by atoms with Crippen LogP contribution in [0.3, 0.4) is 0 Å². The standard InChI is InChI=1S/C29H33N5O4S/c1-3-38-29(35)25-20(2)30-28-27(26(25)22-10-7-11-23(18-22)34(36)37)24(31-39-28)12-13-32-14-16-33(17-15-32)19-21-8-5-4-6-9-21/h4-11,18,25-26H,3,12-17,19H2,1-2H3. The molecule has 204 valence electrons. The number of non-ortho nitro benzene ring substituents is 1. The third-order valence-corrected chi connectivity index (χ3v) is 8.31. The van der Waals surface area contributed by atoms with Crippen molar-refractivity contribution in [2.75, 3.05) is 39.3 Å². The number of hydrogen-bond acceptors (Lipinski definition) is 9. The van der Waals surface area contributed by atoms with Gasteiger partial charge in [-0.1, -0.05) is 42.5 Å². The second-order valence-electron chi connectivity index (χ2n) is 10.0. The maximum absolute atomic E-state index is 13.2. The summed E-state index contributed by atoms with van der Waals surface area (Å²) >= 11 is 1.33. The van der Waals surface area contributed by atoms with Crippen molar-refractivity contribution >= 4 is 33.9 Å². The molecule has 2 aromatic carbocycles. The molecule has 10 heteroatoms. The van der Waals surface area contributed by atoms with Crippen LogP contribution in [0, 0.1) is 16.0 Å². The van der Waals surface area contributed by atoms with Crippen LogP contribution in [-0.4, -0.2) is 70.1 Å². The average Bonchev–Trinajstić information content (AvgIpc) is 3.34. The minimum Gasteiger partial charge on any atom is -0.465 e. The number of nitrogens with zero attached hydrogens (tertiary/aromatic N) is 5. The van der Waals surface area contributed by atoms with E-state index >= 15 is 0 Å². The van der Waals surface area contributed by atoms with Crippen molar-refractivity contribution in [3.63, 3.8) is 0 Å². The van der Waals surface area contributed by atoms with Gasteiger partial charge >= 0.3 is 5.97 Å². The summed E-state index contributed by atoms with van der Waals surface area (Å²) < 4.78 is 10.2. The summed E-state index contributed by atoms with van der Waals surface area (Å²) in [4.78, 5) is 34.0. The molecule has 2 unspecified atom stereocenters. The third-order valence-electron chi connectivity index (χ3n) is 7.52. The molecule has 0 radical (unpaired) electrons. The first-order valence-corrected chi connectivity index (χ1v) is 14.1. The van der Waals surface area contributed by atoms with Crippen molar-refractivity contribution in [1.29, 1.82) is 0 Å². The minimum atomic E-state index is -0.656. The molecule has 3 aromatic rings. The quantitative estimate of drug-likeness (QED) is 0.215. The second-order valence-corrected chi connectivity index (χ2v) is 10.8. The first-order chi connectivity index (χ1) is 18.9. The monoisotopic (exact) mass is 547 g/mol. The Kier molecular flexibility index (Phi) is 8.44. The molecule has 3 heterocycles. The zero-order chi connectivity index (χ0) is 27.4. The number of nitro benzene ring substituents is 1. The molecular weight excluding hydrogens is 514 g/mol. The highest BCUT2D eigenvalue weighted by atomic mass is 32.1. The summed E-state index contributed by atoms with van der Waals surface area (Å²) in [6.45, 7) is 9.65. The van der Waals surface area contributed by atoms with Gasteiger partial charge in [-0.05, 0) is 36.5 Å². The smallest absolute Gasteiger partial charge is 0.315 e. The summed E-state index contributed by atoms with van der Waals surface area (Å²) in [7, 11) is 0. The maximum atomic E-state index is 13.2. The van der Waals surface area contributed by atoms with Crippen LogP contribution >= 0.6 is 11.5 Å². The number of nitro groups is 1. The third kappa shape index (κ3) is 6.08.